The van der Waals surface area contributed by atoms with E-state index in [4.69, 9.17) is 4.42 Å². The molecule has 1 amide bonds. The number of aromatic nitrogens is 2. The maximum atomic E-state index is 12.0. The first kappa shape index (κ1) is 15.8. The molecule has 2 heterocycles. The van der Waals surface area contributed by atoms with E-state index in [2.05, 4.69) is 15.5 Å². The van der Waals surface area contributed by atoms with Gasteiger partial charge in [-0.05, 0) is 35.4 Å². The van der Waals surface area contributed by atoms with Gasteiger partial charge in [-0.15, -0.1) is 22.0 Å². The topological polar surface area (TPSA) is 68.0 Å². The highest BCUT2D eigenvalue weighted by Crippen LogP contribution is 2.20. The van der Waals surface area contributed by atoms with Crippen molar-refractivity contribution in [2.75, 3.05) is 6.26 Å². The standard InChI is InChI=1S/C16H15N3O2S2/c1-22-13-4-2-11(3-5-13)9-17-14(20)8-15-18-19-16(21-15)12-6-7-23-10-12/h2-7,10H,8-9H2,1H3,(H,17,20). The van der Waals surface area contributed by atoms with Crippen LogP contribution in [0.1, 0.15) is 11.5 Å². The molecule has 0 bridgehead atoms. The Labute approximate surface area is 142 Å². The second-order valence-corrected chi connectivity index (χ2v) is 6.47. The summed E-state index contributed by atoms with van der Waals surface area (Å²) in [5.74, 6) is 0.627. The first-order chi connectivity index (χ1) is 11.2. The van der Waals surface area contributed by atoms with Gasteiger partial charge in [-0.25, -0.2) is 0 Å². The fraction of sp³-hybridized carbons (Fsp3) is 0.188. The van der Waals surface area contributed by atoms with Crippen molar-refractivity contribution in [3.05, 3.63) is 52.5 Å². The minimum atomic E-state index is -0.139. The molecule has 0 aliphatic heterocycles. The van der Waals surface area contributed by atoms with E-state index in [1.165, 1.54) is 4.90 Å². The van der Waals surface area contributed by atoms with Gasteiger partial charge >= 0.3 is 0 Å². The Morgan fingerprint density at radius 1 is 1.26 bits per heavy atom. The largest absolute Gasteiger partial charge is 0.420 e. The lowest BCUT2D eigenvalue weighted by atomic mass is 10.2. The molecule has 118 valence electrons. The predicted molar refractivity (Wildman–Crippen MR) is 91.4 cm³/mol. The molecule has 7 heteroatoms. The monoisotopic (exact) mass is 345 g/mol. The molecule has 23 heavy (non-hydrogen) atoms. The van der Waals surface area contributed by atoms with Crippen molar-refractivity contribution >= 4 is 29.0 Å². The van der Waals surface area contributed by atoms with Crippen molar-refractivity contribution in [1.29, 1.82) is 0 Å². The van der Waals surface area contributed by atoms with Crippen LogP contribution in [-0.2, 0) is 17.8 Å². The molecule has 0 saturated carbocycles. The van der Waals surface area contributed by atoms with E-state index in [0.717, 1.165) is 11.1 Å². The molecule has 3 rings (SSSR count). The number of hydrogen-bond donors (Lipinski definition) is 1. The summed E-state index contributed by atoms with van der Waals surface area (Å²) < 4.78 is 5.50. The molecular formula is C16H15N3O2S2. The summed E-state index contributed by atoms with van der Waals surface area (Å²) in [4.78, 5) is 13.2. The van der Waals surface area contributed by atoms with Crippen LogP contribution in [0.25, 0.3) is 11.5 Å². The number of thiophene rings is 1. The minimum Gasteiger partial charge on any atom is -0.420 e. The van der Waals surface area contributed by atoms with Crippen LogP contribution in [0, 0.1) is 0 Å². The summed E-state index contributed by atoms with van der Waals surface area (Å²) in [5.41, 5.74) is 1.93. The number of carbonyl (C=O) groups is 1. The number of benzene rings is 1. The summed E-state index contributed by atoms with van der Waals surface area (Å²) in [6.07, 6.45) is 2.12. The third-order valence-electron chi connectivity index (χ3n) is 3.20. The van der Waals surface area contributed by atoms with Gasteiger partial charge in [-0.1, -0.05) is 12.1 Å². The van der Waals surface area contributed by atoms with E-state index < -0.39 is 0 Å². The van der Waals surface area contributed by atoms with Gasteiger partial charge in [0.15, 0.2) is 0 Å². The van der Waals surface area contributed by atoms with Crippen LogP contribution in [0.3, 0.4) is 0 Å². The number of nitrogens with one attached hydrogen (secondary N) is 1. The van der Waals surface area contributed by atoms with Crippen LogP contribution < -0.4 is 5.32 Å². The lowest BCUT2D eigenvalue weighted by Crippen LogP contribution is -2.24. The predicted octanol–water partition coefficient (Wildman–Crippen LogP) is 3.38. The maximum Gasteiger partial charge on any atom is 0.248 e. The fourth-order valence-electron chi connectivity index (χ4n) is 1.97. The van der Waals surface area contributed by atoms with Gasteiger partial charge in [0, 0.05) is 22.4 Å². The lowest BCUT2D eigenvalue weighted by molar-refractivity contribution is -0.120. The van der Waals surface area contributed by atoms with Gasteiger partial charge in [0.25, 0.3) is 0 Å². The van der Waals surface area contributed by atoms with Crippen molar-refractivity contribution in [2.45, 2.75) is 17.9 Å². The summed E-state index contributed by atoms with van der Waals surface area (Å²) in [7, 11) is 0. The highest BCUT2D eigenvalue weighted by atomic mass is 32.2. The smallest absolute Gasteiger partial charge is 0.248 e. The number of nitrogens with zero attached hydrogens (tertiary/aromatic N) is 2. The zero-order valence-corrected chi connectivity index (χ0v) is 14.1. The molecule has 0 atom stereocenters. The second kappa shape index (κ2) is 7.43. The van der Waals surface area contributed by atoms with Gasteiger partial charge in [0.05, 0.1) is 0 Å². The summed E-state index contributed by atoms with van der Waals surface area (Å²) in [6, 6.07) is 10.00. The zero-order chi connectivity index (χ0) is 16.1. The Kier molecular flexibility index (Phi) is 5.09. The minimum absolute atomic E-state index is 0.0834. The molecule has 0 fully saturated rings. The van der Waals surface area contributed by atoms with Crippen molar-refractivity contribution in [3.63, 3.8) is 0 Å². The summed E-state index contributed by atoms with van der Waals surface area (Å²) in [6.45, 7) is 0.485. The average Bonchev–Trinajstić information content (AvgIpc) is 3.24. The van der Waals surface area contributed by atoms with Crippen LogP contribution in [0.5, 0.6) is 0 Å². The Bertz CT molecular complexity index is 767. The normalized spacial score (nSPS) is 10.7. The Morgan fingerprint density at radius 3 is 2.78 bits per heavy atom. The van der Waals surface area contributed by atoms with Crippen molar-refractivity contribution in [2.24, 2.45) is 0 Å². The molecule has 1 N–H and O–H groups in total. The maximum absolute atomic E-state index is 12.0. The van der Waals surface area contributed by atoms with E-state index in [-0.39, 0.29) is 12.3 Å². The summed E-state index contributed by atoms with van der Waals surface area (Å²) >= 11 is 3.25. The van der Waals surface area contributed by atoms with E-state index in [1.807, 2.05) is 47.3 Å². The number of hydrogen-bond acceptors (Lipinski definition) is 6. The van der Waals surface area contributed by atoms with Gasteiger partial charge in [0.2, 0.25) is 17.7 Å². The molecule has 0 spiro atoms. The molecule has 0 radical (unpaired) electrons. The second-order valence-electron chi connectivity index (χ2n) is 4.81. The molecule has 0 saturated heterocycles. The molecule has 0 aliphatic carbocycles. The van der Waals surface area contributed by atoms with Crippen LogP contribution in [-0.4, -0.2) is 22.4 Å². The number of carbonyl (C=O) groups excluding carboxylic acids is 1. The molecular weight excluding hydrogens is 330 g/mol. The van der Waals surface area contributed by atoms with E-state index in [1.54, 1.807) is 23.1 Å². The first-order valence-corrected chi connectivity index (χ1v) is 9.16. The lowest BCUT2D eigenvalue weighted by Gasteiger charge is -2.04. The highest BCUT2D eigenvalue weighted by Gasteiger charge is 2.12. The third-order valence-corrected chi connectivity index (χ3v) is 4.62. The van der Waals surface area contributed by atoms with Gasteiger partial charge in [-0.3, -0.25) is 4.79 Å². The van der Waals surface area contributed by atoms with Crippen molar-refractivity contribution in [1.82, 2.24) is 15.5 Å². The third kappa shape index (κ3) is 4.20. The highest BCUT2D eigenvalue weighted by molar-refractivity contribution is 7.98. The number of amides is 1. The quantitative estimate of drug-likeness (QED) is 0.694. The first-order valence-electron chi connectivity index (χ1n) is 6.99. The van der Waals surface area contributed by atoms with Crippen molar-refractivity contribution in [3.8, 4) is 11.5 Å². The van der Waals surface area contributed by atoms with Gasteiger partial charge in [-0.2, -0.15) is 11.3 Å². The molecule has 1 aromatic carbocycles. The van der Waals surface area contributed by atoms with E-state index in [9.17, 15) is 4.79 Å². The summed E-state index contributed by atoms with van der Waals surface area (Å²) in [5, 5.41) is 14.6. The number of rotatable bonds is 6. The van der Waals surface area contributed by atoms with Crippen molar-refractivity contribution < 1.29 is 9.21 Å². The Balaban J connectivity index is 1.53. The van der Waals surface area contributed by atoms with Crippen LogP contribution in [0.4, 0.5) is 0 Å². The fourth-order valence-corrected chi connectivity index (χ4v) is 3.01. The zero-order valence-electron chi connectivity index (χ0n) is 12.5. The molecule has 0 aliphatic rings. The van der Waals surface area contributed by atoms with Crippen LogP contribution in [0.15, 0.2) is 50.4 Å². The van der Waals surface area contributed by atoms with E-state index in [0.29, 0.717) is 18.3 Å². The Morgan fingerprint density at radius 2 is 2.09 bits per heavy atom. The molecule has 5 nitrogen and oxygen atoms in total. The van der Waals surface area contributed by atoms with Gasteiger partial charge < -0.3 is 9.73 Å². The SMILES string of the molecule is CSc1ccc(CNC(=O)Cc2nnc(-c3ccsc3)o2)cc1. The molecule has 2 aromatic heterocycles. The van der Waals surface area contributed by atoms with E-state index >= 15 is 0 Å². The van der Waals surface area contributed by atoms with Crippen LogP contribution in [0.2, 0.25) is 0 Å². The Hall–Kier alpha value is -2.12. The number of thioether (sulfide) groups is 1. The molecule has 0 unspecified atom stereocenters. The van der Waals surface area contributed by atoms with Crippen LogP contribution >= 0.6 is 23.1 Å². The molecule has 3 aromatic rings. The average molecular weight is 345 g/mol. The van der Waals surface area contributed by atoms with Gasteiger partial charge in [0.1, 0.15) is 6.42 Å².